The molecule has 1 aliphatic rings. The van der Waals surface area contributed by atoms with Crippen molar-refractivity contribution in [3.63, 3.8) is 0 Å². The number of benzene rings is 1. The molecular weight excluding hydrogens is 158 g/mol. The lowest BCUT2D eigenvalue weighted by Crippen LogP contribution is -2.23. The van der Waals surface area contributed by atoms with Gasteiger partial charge in [0, 0.05) is 19.3 Å². The zero-order chi connectivity index (χ0) is 9.42. The molecule has 13 heavy (non-hydrogen) atoms. The van der Waals surface area contributed by atoms with E-state index in [0.717, 1.165) is 6.54 Å². The zero-order valence-electron chi connectivity index (χ0n) is 8.46. The number of rotatable bonds is 0. The number of fused-ring (bicyclic) bond motifs is 1. The van der Waals surface area contributed by atoms with E-state index in [1.807, 2.05) is 0 Å². The van der Waals surface area contributed by atoms with Crippen molar-refractivity contribution in [2.75, 3.05) is 18.5 Å². The summed E-state index contributed by atoms with van der Waals surface area (Å²) in [6.45, 7) is 5.41. The lowest BCUT2D eigenvalue weighted by molar-refractivity contribution is 0.964. The van der Waals surface area contributed by atoms with Crippen molar-refractivity contribution in [1.82, 2.24) is 0 Å². The van der Waals surface area contributed by atoms with Crippen LogP contribution in [-0.4, -0.2) is 13.6 Å². The fourth-order valence-corrected chi connectivity index (χ4v) is 2.08. The molecule has 0 saturated heterocycles. The Morgan fingerprint density at radius 3 is 2.77 bits per heavy atom. The Labute approximate surface area is 79.7 Å². The second-order valence-corrected chi connectivity index (χ2v) is 3.86. The summed E-state index contributed by atoms with van der Waals surface area (Å²) in [6, 6.07) is 6.47. The van der Waals surface area contributed by atoms with Crippen LogP contribution < -0.4 is 4.90 Å². The van der Waals surface area contributed by atoms with Gasteiger partial charge in [0.15, 0.2) is 0 Å². The predicted octanol–water partition coefficient (Wildman–Crippen LogP) is 2.85. The van der Waals surface area contributed by atoms with E-state index in [-0.39, 0.29) is 0 Å². The van der Waals surface area contributed by atoms with Crippen LogP contribution in [-0.2, 0) is 0 Å². The highest BCUT2D eigenvalue weighted by Gasteiger charge is 2.13. The van der Waals surface area contributed by atoms with Crippen LogP contribution >= 0.6 is 0 Å². The van der Waals surface area contributed by atoms with Crippen molar-refractivity contribution in [1.29, 1.82) is 0 Å². The van der Waals surface area contributed by atoms with E-state index in [2.05, 4.69) is 50.1 Å². The average molecular weight is 173 g/mol. The van der Waals surface area contributed by atoms with Crippen LogP contribution in [0.15, 0.2) is 23.8 Å². The number of anilines is 1. The molecule has 0 radical (unpaired) electrons. The van der Waals surface area contributed by atoms with Gasteiger partial charge in [0.1, 0.15) is 0 Å². The monoisotopic (exact) mass is 173 g/mol. The Morgan fingerprint density at radius 1 is 1.23 bits per heavy atom. The fourth-order valence-electron chi connectivity index (χ4n) is 2.08. The van der Waals surface area contributed by atoms with Gasteiger partial charge in [-0.05, 0) is 25.0 Å². The zero-order valence-corrected chi connectivity index (χ0v) is 8.46. The predicted molar refractivity (Wildman–Crippen MR) is 58.1 cm³/mol. The average Bonchev–Trinajstić information content (AvgIpc) is 2.02. The maximum atomic E-state index is 2.32. The maximum Gasteiger partial charge on any atom is 0.0469 e. The van der Waals surface area contributed by atoms with Crippen LogP contribution in [0, 0.1) is 6.92 Å². The second-order valence-electron chi connectivity index (χ2n) is 3.86. The lowest BCUT2D eigenvalue weighted by atomic mass is 10.0. The third-order valence-corrected chi connectivity index (χ3v) is 2.54. The highest BCUT2D eigenvalue weighted by molar-refractivity contribution is 5.75. The number of likely N-dealkylation sites (N-methyl/N-ethyl adjacent to an activating group) is 1. The minimum Gasteiger partial charge on any atom is -0.370 e. The summed E-state index contributed by atoms with van der Waals surface area (Å²) in [7, 11) is 2.16. The van der Waals surface area contributed by atoms with Gasteiger partial charge >= 0.3 is 0 Å². The molecule has 1 heterocycles. The molecule has 1 nitrogen and oxygen atoms in total. The van der Waals surface area contributed by atoms with Crippen molar-refractivity contribution in [2.45, 2.75) is 13.8 Å². The minimum absolute atomic E-state index is 1.05. The molecule has 68 valence electrons. The Morgan fingerprint density at radius 2 is 2.00 bits per heavy atom. The molecule has 1 aromatic rings. The van der Waals surface area contributed by atoms with Crippen molar-refractivity contribution in [2.24, 2.45) is 0 Å². The van der Waals surface area contributed by atoms with E-state index in [1.165, 1.54) is 22.4 Å². The third kappa shape index (κ3) is 1.35. The highest BCUT2D eigenvalue weighted by Crippen LogP contribution is 2.30. The number of para-hydroxylation sites is 1. The van der Waals surface area contributed by atoms with Gasteiger partial charge < -0.3 is 4.90 Å². The van der Waals surface area contributed by atoms with Crippen LogP contribution in [0.3, 0.4) is 0 Å². The van der Waals surface area contributed by atoms with Gasteiger partial charge in [-0.1, -0.05) is 29.8 Å². The first-order valence-electron chi connectivity index (χ1n) is 4.66. The molecule has 0 N–H and O–H groups in total. The molecule has 0 atom stereocenters. The first kappa shape index (κ1) is 8.36. The van der Waals surface area contributed by atoms with E-state index in [4.69, 9.17) is 0 Å². The molecule has 0 fully saturated rings. The summed E-state index contributed by atoms with van der Waals surface area (Å²) in [5.74, 6) is 0. The molecule has 0 spiro atoms. The molecule has 0 aromatic heterocycles. The van der Waals surface area contributed by atoms with Gasteiger partial charge in [-0.25, -0.2) is 0 Å². The summed E-state index contributed by atoms with van der Waals surface area (Å²) in [4.78, 5) is 2.32. The molecule has 0 saturated carbocycles. The van der Waals surface area contributed by atoms with E-state index >= 15 is 0 Å². The normalized spacial score (nSPS) is 15.3. The van der Waals surface area contributed by atoms with E-state index in [0.29, 0.717) is 0 Å². The molecule has 0 unspecified atom stereocenters. The lowest BCUT2D eigenvalue weighted by Gasteiger charge is -2.28. The molecular formula is C12H15N. The number of nitrogens with zero attached hydrogens (tertiary/aromatic N) is 1. The largest absolute Gasteiger partial charge is 0.370 e. The van der Waals surface area contributed by atoms with Gasteiger partial charge in [0.2, 0.25) is 0 Å². The summed E-state index contributed by atoms with van der Waals surface area (Å²) in [6.07, 6.45) is 2.28. The molecule has 0 amide bonds. The summed E-state index contributed by atoms with van der Waals surface area (Å²) in [5, 5.41) is 0. The van der Waals surface area contributed by atoms with E-state index < -0.39 is 0 Å². The highest BCUT2D eigenvalue weighted by atomic mass is 15.1. The van der Waals surface area contributed by atoms with E-state index in [9.17, 15) is 0 Å². The van der Waals surface area contributed by atoms with Crippen LogP contribution in [0.1, 0.15) is 18.1 Å². The van der Waals surface area contributed by atoms with Gasteiger partial charge in [-0.3, -0.25) is 0 Å². The first-order chi connectivity index (χ1) is 6.18. The SMILES string of the molecule is CC1=Cc2cccc(C)c2N(C)C1. The summed E-state index contributed by atoms with van der Waals surface area (Å²) in [5.41, 5.74) is 5.53. The third-order valence-electron chi connectivity index (χ3n) is 2.54. The summed E-state index contributed by atoms with van der Waals surface area (Å²) < 4.78 is 0. The molecule has 0 aliphatic carbocycles. The van der Waals surface area contributed by atoms with Gasteiger partial charge in [0.25, 0.3) is 0 Å². The van der Waals surface area contributed by atoms with E-state index in [1.54, 1.807) is 0 Å². The first-order valence-corrected chi connectivity index (χ1v) is 4.66. The van der Waals surface area contributed by atoms with Crippen LogP contribution in [0.4, 0.5) is 5.69 Å². The van der Waals surface area contributed by atoms with Crippen molar-refractivity contribution >= 4 is 11.8 Å². The van der Waals surface area contributed by atoms with Crippen molar-refractivity contribution < 1.29 is 0 Å². The Balaban J connectivity index is 2.62. The van der Waals surface area contributed by atoms with Crippen LogP contribution in [0.25, 0.3) is 6.08 Å². The quantitative estimate of drug-likeness (QED) is 0.583. The minimum atomic E-state index is 1.05. The van der Waals surface area contributed by atoms with Gasteiger partial charge in [0.05, 0.1) is 0 Å². The van der Waals surface area contributed by atoms with Gasteiger partial charge in [-0.2, -0.15) is 0 Å². The van der Waals surface area contributed by atoms with Crippen LogP contribution in [0.2, 0.25) is 0 Å². The van der Waals surface area contributed by atoms with Crippen molar-refractivity contribution in [3.05, 3.63) is 34.9 Å². The molecule has 2 rings (SSSR count). The van der Waals surface area contributed by atoms with Crippen molar-refractivity contribution in [3.8, 4) is 0 Å². The molecule has 0 bridgehead atoms. The molecule has 1 heteroatoms. The van der Waals surface area contributed by atoms with Gasteiger partial charge in [-0.15, -0.1) is 0 Å². The topological polar surface area (TPSA) is 3.24 Å². The number of hydrogen-bond acceptors (Lipinski definition) is 1. The Hall–Kier alpha value is -1.24. The fraction of sp³-hybridized carbons (Fsp3) is 0.333. The number of aryl methyl sites for hydroxylation is 1. The smallest absolute Gasteiger partial charge is 0.0469 e. The second kappa shape index (κ2) is 2.91. The molecule has 1 aliphatic heterocycles. The number of hydrogen-bond donors (Lipinski definition) is 0. The van der Waals surface area contributed by atoms with Crippen LogP contribution in [0.5, 0.6) is 0 Å². The Bertz CT molecular complexity index is 363. The summed E-state index contributed by atoms with van der Waals surface area (Å²) >= 11 is 0. The maximum absolute atomic E-state index is 2.32. The standard InChI is InChI=1S/C12H15N/c1-9-7-11-6-4-5-10(2)12(11)13(3)8-9/h4-7H,8H2,1-3H3. The molecule has 1 aromatic carbocycles. The Kier molecular flexibility index (Phi) is 1.87.